The van der Waals surface area contributed by atoms with E-state index in [9.17, 15) is 13.5 Å². The highest BCUT2D eigenvalue weighted by Crippen LogP contribution is 2.31. The van der Waals surface area contributed by atoms with E-state index in [4.69, 9.17) is 23.2 Å². The molecule has 1 saturated carbocycles. The van der Waals surface area contributed by atoms with Gasteiger partial charge in [0.15, 0.2) is 0 Å². The van der Waals surface area contributed by atoms with Gasteiger partial charge < -0.3 is 5.11 Å². The van der Waals surface area contributed by atoms with Crippen LogP contribution < -0.4 is 4.72 Å². The Balaban J connectivity index is 1.77. The average Bonchev–Trinajstić information content (AvgIpc) is 2.57. The number of aliphatic hydroxyl groups excluding tert-OH is 1. The summed E-state index contributed by atoms with van der Waals surface area (Å²) in [5.74, 6) is 0. The fraction of sp³-hybridized carbons (Fsp3) is 0.333. The van der Waals surface area contributed by atoms with Crippen molar-refractivity contribution in [2.75, 3.05) is 0 Å². The first-order chi connectivity index (χ1) is 11.8. The van der Waals surface area contributed by atoms with E-state index < -0.39 is 10.0 Å². The summed E-state index contributed by atoms with van der Waals surface area (Å²) in [6.07, 6.45) is 2.24. The van der Waals surface area contributed by atoms with E-state index in [1.54, 1.807) is 42.5 Å². The first kappa shape index (κ1) is 18.7. The van der Waals surface area contributed by atoms with Crippen molar-refractivity contribution >= 4 is 33.2 Å². The Morgan fingerprint density at radius 2 is 1.60 bits per heavy atom. The molecule has 1 fully saturated rings. The van der Waals surface area contributed by atoms with Crippen molar-refractivity contribution in [2.24, 2.45) is 0 Å². The fourth-order valence-electron chi connectivity index (χ4n) is 3.02. The molecule has 1 aliphatic carbocycles. The zero-order valence-corrected chi connectivity index (χ0v) is 15.8. The summed E-state index contributed by atoms with van der Waals surface area (Å²) in [5.41, 5.74) is 1.62. The highest BCUT2D eigenvalue weighted by Gasteiger charge is 2.24. The largest absolute Gasteiger partial charge is 0.393 e. The molecule has 3 rings (SSSR count). The van der Waals surface area contributed by atoms with E-state index in [0.29, 0.717) is 35.7 Å². The van der Waals surface area contributed by atoms with Gasteiger partial charge in [0.25, 0.3) is 0 Å². The first-order valence-electron chi connectivity index (χ1n) is 8.11. The highest BCUT2D eigenvalue weighted by molar-refractivity contribution is 7.89. The minimum Gasteiger partial charge on any atom is -0.393 e. The second-order valence-corrected chi connectivity index (χ2v) is 8.83. The van der Waals surface area contributed by atoms with Crippen LogP contribution in [0.2, 0.25) is 10.0 Å². The summed E-state index contributed by atoms with van der Waals surface area (Å²) in [5, 5.41) is 10.6. The van der Waals surface area contributed by atoms with Gasteiger partial charge in [0.1, 0.15) is 0 Å². The van der Waals surface area contributed by atoms with Gasteiger partial charge in [-0.1, -0.05) is 41.4 Å². The Morgan fingerprint density at radius 3 is 2.20 bits per heavy atom. The Labute approximate surface area is 157 Å². The van der Waals surface area contributed by atoms with Crippen LogP contribution in [0, 0.1) is 0 Å². The minimum atomic E-state index is -3.58. The smallest absolute Gasteiger partial charge is 0.240 e. The van der Waals surface area contributed by atoms with Crippen LogP contribution >= 0.6 is 23.2 Å². The predicted octanol–water partition coefficient (Wildman–Crippen LogP) is 4.24. The maximum atomic E-state index is 12.5. The molecule has 1 aliphatic rings. The van der Waals surface area contributed by atoms with E-state index in [-0.39, 0.29) is 17.0 Å². The van der Waals surface area contributed by atoms with Crippen LogP contribution in [0.3, 0.4) is 0 Å². The van der Waals surface area contributed by atoms with Crippen molar-refractivity contribution in [2.45, 2.75) is 42.7 Å². The molecule has 0 saturated heterocycles. The third kappa shape index (κ3) is 4.54. The SMILES string of the molecule is O=S(=O)(N[C@H]1CC[C@H](O)CC1)c1ccc(-c2ccc(Cl)cc2Cl)cc1. The van der Waals surface area contributed by atoms with Crippen LogP contribution in [0.4, 0.5) is 0 Å². The van der Waals surface area contributed by atoms with Crippen LogP contribution in [-0.2, 0) is 10.0 Å². The lowest BCUT2D eigenvalue weighted by atomic mass is 9.94. The lowest BCUT2D eigenvalue weighted by Gasteiger charge is -2.26. The molecule has 0 unspecified atom stereocenters. The summed E-state index contributed by atoms with van der Waals surface area (Å²) in [6, 6.07) is 11.7. The fourth-order valence-corrected chi connectivity index (χ4v) is 4.84. The van der Waals surface area contributed by atoms with Crippen LogP contribution in [0.15, 0.2) is 47.4 Å². The number of halogens is 2. The third-order valence-electron chi connectivity index (χ3n) is 4.43. The highest BCUT2D eigenvalue weighted by atomic mass is 35.5. The molecular weight excluding hydrogens is 381 g/mol. The van der Waals surface area contributed by atoms with Gasteiger partial charge >= 0.3 is 0 Å². The van der Waals surface area contributed by atoms with Gasteiger partial charge in [-0.25, -0.2) is 13.1 Å². The molecule has 2 aromatic rings. The average molecular weight is 400 g/mol. The standard InChI is InChI=1S/C18H19Cl2NO3S/c19-13-3-10-17(18(20)11-13)12-1-8-16(9-2-12)25(23,24)21-14-4-6-15(22)7-5-14/h1-3,8-11,14-15,21-22H,4-7H2/t14-,15-. The number of hydrogen-bond donors (Lipinski definition) is 2. The summed E-state index contributed by atoms with van der Waals surface area (Å²) < 4.78 is 27.8. The van der Waals surface area contributed by atoms with Gasteiger partial charge in [0.2, 0.25) is 10.0 Å². The maximum absolute atomic E-state index is 12.5. The van der Waals surface area contributed by atoms with Crippen molar-refractivity contribution in [3.8, 4) is 11.1 Å². The number of rotatable bonds is 4. The number of aliphatic hydroxyl groups is 1. The van der Waals surface area contributed by atoms with Gasteiger partial charge in [0.05, 0.1) is 11.0 Å². The van der Waals surface area contributed by atoms with Crippen molar-refractivity contribution in [1.29, 1.82) is 0 Å². The third-order valence-corrected chi connectivity index (χ3v) is 6.51. The maximum Gasteiger partial charge on any atom is 0.240 e. The quantitative estimate of drug-likeness (QED) is 0.807. The van der Waals surface area contributed by atoms with Crippen LogP contribution in [0.25, 0.3) is 11.1 Å². The summed E-state index contributed by atoms with van der Waals surface area (Å²) in [4.78, 5) is 0.215. The second kappa shape index (κ2) is 7.64. The molecule has 0 spiro atoms. The molecule has 25 heavy (non-hydrogen) atoms. The van der Waals surface area contributed by atoms with Crippen molar-refractivity contribution in [3.63, 3.8) is 0 Å². The lowest BCUT2D eigenvalue weighted by molar-refractivity contribution is 0.120. The van der Waals surface area contributed by atoms with Crippen molar-refractivity contribution < 1.29 is 13.5 Å². The molecule has 0 bridgehead atoms. The Morgan fingerprint density at radius 1 is 0.960 bits per heavy atom. The van der Waals surface area contributed by atoms with E-state index in [1.165, 1.54) is 0 Å². The molecule has 0 heterocycles. The number of benzene rings is 2. The summed E-state index contributed by atoms with van der Waals surface area (Å²) >= 11 is 12.1. The van der Waals surface area contributed by atoms with Gasteiger partial charge in [0, 0.05) is 21.7 Å². The monoisotopic (exact) mass is 399 g/mol. The zero-order valence-electron chi connectivity index (χ0n) is 13.5. The first-order valence-corrected chi connectivity index (χ1v) is 10.3. The van der Waals surface area contributed by atoms with Gasteiger partial charge in [-0.3, -0.25) is 0 Å². The molecule has 7 heteroatoms. The number of hydrogen-bond acceptors (Lipinski definition) is 3. The van der Waals surface area contributed by atoms with E-state index in [0.717, 1.165) is 11.1 Å². The molecule has 134 valence electrons. The zero-order chi connectivity index (χ0) is 18.0. The number of sulfonamides is 1. The molecule has 0 radical (unpaired) electrons. The number of nitrogens with one attached hydrogen (secondary N) is 1. The van der Waals surface area contributed by atoms with Crippen LogP contribution in [-0.4, -0.2) is 25.7 Å². The van der Waals surface area contributed by atoms with E-state index in [1.807, 2.05) is 0 Å². The molecule has 2 aromatic carbocycles. The Hall–Kier alpha value is -1.11. The molecule has 0 aliphatic heterocycles. The van der Waals surface area contributed by atoms with E-state index in [2.05, 4.69) is 4.72 Å². The molecular formula is C18H19Cl2NO3S. The lowest BCUT2D eigenvalue weighted by Crippen LogP contribution is -2.38. The molecule has 0 amide bonds. The van der Waals surface area contributed by atoms with Crippen LogP contribution in [0.5, 0.6) is 0 Å². The molecule has 0 atom stereocenters. The van der Waals surface area contributed by atoms with Crippen LogP contribution in [0.1, 0.15) is 25.7 Å². The topological polar surface area (TPSA) is 66.4 Å². The Kier molecular flexibility index (Phi) is 5.71. The predicted molar refractivity (Wildman–Crippen MR) is 100 cm³/mol. The van der Waals surface area contributed by atoms with Gasteiger partial charge in [-0.05, 0) is 55.5 Å². The van der Waals surface area contributed by atoms with E-state index >= 15 is 0 Å². The van der Waals surface area contributed by atoms with Crippen molar-refractivity contribution in [1.82, 2.24) is 4.72 Å². The normalized spacial score (nSPS) is 21.2. The second-order valence-electron chi connectivity index (χ2n) is 6.28. The van der Waals surface area contributed by atoms with Gasteiger partial charge in [-0.15, -0.1) is 0 Å². The molecule has 0 aromatic heterocycles. The van der Waals surface area contributed by atoms with Crippen molar-refractivity contribution in [3.05, 3.63) is 52.5 Å². The Bertz CT molecular complexity index is 845. The van der Waals surface area contributed by atoms with Gasteiger partial charge in [-0.2, -0.15) is 0 Å². The molecule has 4 nitrogen and oxygen atoms in total. The summed E-state index contributed by atoms with van der Waals surface area (Å²) in [7, 11) is -3.58. The minimum absolute atomic E-state index is 0.126. The molecule has 2 N–H and O–H groups in total. The summed E-state index contributed by atoms with van der Waals surface area (Å²) in [6.45, 7) is 0.